The molecule has 0 saturated carbocycles. The molecule has 0 fully saturated rings. The van der Waals surface area contributed by atoms with Crippen molar-refractivity contribution < 1.29 is 9.18 Å². The Labute approximate surface area is 108 Å². The van der Waals surface area contributed by atoms with Crippen LogP contribution in [0, 0.1) is 17.7 Å². The van der Waals surface area contributed by atoms with Crippen LogP contribution in [0.1, 0.15) is 20.8 Å². The summed E-state index contributed by atoms with van der Waals surface area (Å²) in [5, 5.41) is 5.74. The monoisotopic (exact) mass is 252 g/mol. The third-order valence-corrected chi connectivity index (χ3v) is 3.00. The van der Waals surface area contributed by atoms with Gasteiger partial charge < -0.3 is 10.6 Å². The smallest absolute Gasteiger partial charge is 0.238 e. The van der Waals surface area contributed by atoms with Crippen molar-refractivity contribution in [3.8, 4) is 0 Å². The van der Waals surface area contributed by atoms with Gasteiger partial charge in [-0.1, -0.05) is 26.8 Å². The molecule has 0 saturated heterocycles. The molecule has 0 spiro atoms. The van der Waals surface area contributed by atoms with Crippen LogP contribution in [0.2, 0.25) is 0 Å². The highest BCUT2D eigenvalue weighted by Gasteiger charge is 2.08. The van der Waals surface area contributed by atoms with Crippen molar-refractivity contribution in [3.63, 3.8) is 0 Å². The molecule has 0 radical (unpaired) electrons. The minimum absolute atomic E-state index is 0.156. The summed E-state index contributed by atoms with van der Waals surface area (Å²) in [5.74, 6) is 0.599. The maximum absolute atomic E-state index is 12.9. The van der Waals surface area contributed by atoms with E-state index in [-0.39, 0.29) is 18.3 Å². The second-order valence-corrected chi connectivity index (χ2v) is 4.91. The number of hydrogen-bond donors (Lipinski definition) is 2. The van der Waals surface area contributed by atoms with Gasteiger partial charge >= 0.3 is 0 Å². The molecule has 0 bridgehead atoms. The summed E-state index contributed by atoms with van der Waals surface area (Å²) in [6.07, 6.45) is 0. The van der Waals surface area contributed by atoms with E-state index in [4.69, 9.17) is 0 Å². The largest absolute Gasteiger partial charge is 0.325 e. The molecule has 1 aromatic rings. The molecule has 2 N–H and O–H groups in total. The fourth-order valence-electron chi connectivity index (χ4n) is 1.42. The minimum atomic E-state index is -0.353. The van der Waals surface area contributed by atoms with Crippen LogP contribution in [-0.2, 0) is 4.79 Å². The van der Waals surface area contributed by atoms with Crippen molar-refractivity contribution in [2.75, 3.05) is 18.4 Å². The zero-order chi connectivity index (χ0) is 13.5. The zero-order valence-corrected chi connectivity index (χ0v) is 11.2. The van der Waals surface area contributed by atoms with Gasteiger partial charge in [0.25, 0.3) is 0 Å². The normalized spacial score (nSPS) is 12.5. The van der Waals surface area contributed by atoms with Gasteiger partial charge in [0.2, 0.25) is 5.91 Å². The lowest BCUT2D eigenvalue weighted by Crippen LogP contribution is -2.32. The lowest BCUT2D eigenvalue weighted by Gasteiger charge is -2.15. The Hall–Kier alpha value is -1.42. The number of halogens is 1. The van der Waals surface area contributed by atoms with E-state index in [1.807, 2.05) is 0 Å². The molecule has 3 nitrogen and oxygen atoms in total. The molecule has 1 rings (SSSR count). The van der Waals surface area contributed by atoms with Crippen molar-refractivity contribution in [1.82, 2.24) is 5.32 Å². The Morgan fingerprint density at radius 3 is 2.67 bits per heavy atom. The van der Waals surface area contributed by atoms with Crippen molar-refractivity contribution >= 4 is 11.6 Å². The fourth-order valence-corrected chi connectivity index (χ4v) is 1.42. The third kappa shape index (κ3) is 5.27. The summed E-state index contributed by atoms with van der Waals surface area (Å²) >= 11 is 0. The number of carbonyl (C=O) groups is 1. The van der Waals surface area contributed by atoms with E-state index in [1.54, 1.807) is 12.1 Å². The average molecular weight is 252 g/mol. The molecule has 1 aromatic carbocycles. The second kappa shape index (κ2) is 7.11. The van der Waals surface area contributed by atoms with Crippen LogP contribution >= 0.6 is 0 Å². The summed E-state index contributed by atoms with van der Waals surface area (Å²) in [5.41, 5.74) is 0.485. The number of carbonyl (C=O) groups excluding carboxylic acids is 1. The Kier molecular flexibility index (Phi) is 5.78. The fraction of sp³-hybridized carbons (Fsp3) is 0.500. The number of anilines is 1. The Balaban J connectivity index is 2.30. The van der Waals surface area contributed by atoms with Crippen LogP contribution in [0.15, 0.2) is 24.3 Å². The summed E-state index contributed by atoms with van der Waals surface area (Å²) in [6, 6.07) is 5.88. The van der Waals surface area contributed by atoms with Crippen molar-refractivity contribution in [2.24, 2.45) is 11.8 Å². The van der Waals surface area contributed by atoms with E-state index in [0.29, 0.717) is 17.5 Å². The van der Waals surface area contributed by atoms with Gasteiger partial charge in [0.15, 0.2) is 0 Å². The van der Waals surface area contributed by atoms with E-state index in [0.717, 1.165) is 6.54 Å². The van der Waals surface area contributed by atoms with Crippen LogP contribution in [-0.4, -0.2) is 19.0 Å². The van der Waals surface area contributed by atoms with Gasteiger partial charge in [0.05, 0.1) is 6.54 Å². The van der Waals surface area contributed by atoms with E-state index in [1.165, 1.54) is 12.1 Å². The molecule has 0 aliphatic carbocycles. The minimum Gasteiger partial charge on any atom is -0.325 e. The predicted molar refractivity (Wildman–Crippen MR) is 71.9 cm³/mol. The quantitative estimate of drug-likeness (QED) is 0.817. The van der Waals surface area contributed by atoms with Crippen LogP contribution in [0.5, 0.6) is 0 Å². The van der Waals surface area contributed by atoms with Crippen LogP contribution < -0.4 is 10.6 Å². The van der Waals surface area contributed by atoms with Crippen LogP contribution in [0.4, 0.5) is 10.1 Å². The average Bonchev–Trinajstić information content (AvgIpc) is 2.28. The second-order valence-electron chi connectivity index (χ2n) is 4.91. The van der Waals surface area contributed by atoms with Crippen molar-refractivity contribution in [3.05, 3.63) is 30.1 Å². The van der Waals surface area contributed by atoms with Crippen molar-refractivity contribution in [2.45, 2.75) is 20.8 Å². The molecular formula is C14H21FN2O. The maximum atomic E-state index is 12.9. The summed E-state index contributed by atoms with van der Waals surface area (Å²) in [4.78, 5) is 11.6. The van der Waals surface area contributed by atoms with Gasteiger partial charge in [-0.2, -0.15) is 0 Å². The first kappa shape index (κ1) is 14.6. The van der Waals surface area contributed by atoms with Gasteiger partial charge in [-0.3, -0.25) is 4.79 Å². The molecule has 4 heteroatoms. The molecule has 0 aromatic heterocycles. The van der Waals surface area contributed by atoms with Gasteiger partial charge in [-0.25, -0.2) is 4.39 Å². The molecular weight excluding hydrogens is 231 g/mol. The highest BCUT2D eigenvalue weighted by atomic mass is 19.1. The van der Waals surface area contributed by atoms with E-state index < -0.39 is 0 Å². The van der Waals surface area contributed by atoms with Crippen molar-refractivity contribution in [1.29, 1.82) is 0 Å². The Morgan fingerprint density at radius 2 is 2.06 bits per heavy atom. The van der Waals surface area contributed by atoms with Gasteiger partial charge in [-0.15, -0.1) is 0 Å². The molecule has 0 aliphatic rings. The van der Waals surface area contributed by atoms with E-state index in [9.17, 15) is 9.18 Å². The van der Waals surface area contributed by atoms with Gasteiger partial charge in [-0.05, 0) is 36.6 Å². The summed E-state index contributed by atoms with van der Waals surface area (Å²) < 4.78 is 12.9. The molecule has 1 unspecified atom stereocenters. The first-order valence-electron chi connectivity index (χ1n) is 6.25. The third-order valence-electron chi connectivity index (χ3n) is 3.00. The lowest BCUT2D eigenvalue weighted by molar-refractivity contribution is -0.115. The topological polar surface area (TPSA) is 41.1 Å². The van der Waals surface area contributed by atoms with Gasteiger partial charge in [0.1, 0.15) is 5.82 Å². The van der Waals surface area contributed by atoms with E-state index >= 15 is 0 Å². The molecule has 100 valence electrons. The SMILES string of the molecule is CC(C)C(C)CNCC(=O)Nc1cccc(F)c1. The zero-order valence-electron chi connectivity index (χ0n) is 11.2. The lowest BCUT2D eigenvalue weighted by atomic mass is 9.98. The van der Waals surface area contributed by atoms with Crippen LogP contribution in [0.25, 0.3) is 0 Å². The molecule has 0 heterocycles. The molecule has 0 aliphatic heterocycles. The number of amides is 1. The first-order valence-corrected chi connectivity index (χ1v) is 6.25. The number of nitrogens with one attached hydrogen (secondary N) is 2. The summed E-state index contributed by atoms with van der Waals surface area (Å²) in [7, 11) is 0. The van der Waals surface area contributed by atoms with Crippen LogP contribution in [0.3, 0.4) is 0 Å². The van der Waals surface area contributed by atoms with Gasteiger partial charge in [0, 0.05) is 5.69 Å². The Morgan fingerprint density at radius 1 is 1.33 bits per heavy atom. The molecule has 1 atom stereocenters. The highest BCUT2D eigenvalue weighted by Crippen LogP contribution is 2.09. The molecule has 1 amide bonds. The van der Waals surface area contributed by atoms with E-state index in [2.05, 4.69) is 31.4 Å². The number of benzene rings is 1. The standard InChI is InChI=1S/C14H21FN2O/c1-10(2)11(3)8-16-9-14(18)17-13-6-4-5-12(15)7-13/h4-7,10-11,16H,8-9H2,1-3H3,(H,17,18). The predicted octanol–water partition coefficient (Wildman–Crippen LogP) is 2.65. The number of hydrogen-bond acceptors (Lipinski definition) is 2. The maximum Gasteiger partial charge on any atom is 0.238 e. The molecule has 18 heavy (non-hydrogen) atoms. The highest BCUT2D eigenvalue weighted by molar-refractivity contribution is 5.92. The Bertz CT molecular complexity index is 393. The summed E-state index contributed by atoms with van der Waals surface area (Å²) in [6.45, 7) is 7.49. The number of rotatable bonds is 6. The first-order chi connectivity index (χ1) is 8.49.